The molecular formula is C25H35N3O. The van der Waals surface area contributed by atoms with Gasteiger partial charge < -0.3 is 10.6 Å². The lowest BCUT2D eigenvalue weighted by Crippen LogP contribution is -2.55. The van der Waals surface area contributed by atoms with Crippen LogP contribution in [0.2, 0.25) is 0 Å². The second kappa shape index (κ2) is 8.68. The molecule has 2 aromatic rings. The summed E-state index contributed by atoms with van der Waals surface area (Å²) < 4.78 is 0. The third kappa shape index (κ3) is 4.10. The van der Waals surface area contributed by atoms with E-state index < -0.39 is 0 Å². The Balaban J connectivity index is 1.78. The minimum Gasteiger partial charge on any atom is -0.342 e. The smallest absolute Gasteiger partial charge is 0.227 e. The normalized spacial score (nSPS) is 17.9. The SMILES string of the molecule is CN(C)C1(c2ccccc2)CCN(C(=O)[C@H](CN)C(C)(C)c2ccccc2)CC1. The molecule has 2 aromatic carbocycles. The lowest BCUT2D eigenvalue weighted by Gasteiger charge is -2.48. The molecule has 0 unspecified atom stereocenters. The molecule has 0 radical (unpaired) electrons. The number of likely N-dealkylation sites (tertiary alicyclic amines) is 1. The molecule has 1 amide bonds. The Kier molecular flexibility index (Phi) is 6.45. The first kappa shape index (κ1) is 21.5. The number of benzene rings is 2. The van der Waals surface area contributed by atoms with Crippen molar-refractivity contribution in [3.05, 3.63) is 71.8 Å². The minimum atomic E-state index is -0.303. The third-order valence-corrected chi connectivity index (χ3v) is 6.99. The predicted octanol–water partition coefficient (Wildman–Crippen LogP) is 3.62. The second-order valence-corrected chi connectivity index (χ2v) is 8.99. The van der Waals surface area contributed by atoms with Gasteiger partial charge in [0.05, 0.1) is 5.92 Å². The number of rotatable bonds is 6. The van der Waals surface area contributed by atoms with Gasteiger partial charge in [-0.1, -0.05) is 74.5 Å². The van der Waals surface area contributed by atoms with Gasteiger partial charge in [-0.2, -0.15) is 0 Å². The molecule has 0 aromatic heterocycles. The molecule has 29 heavy (non-hydrogen) atoms. The maximum absolute atomic E-state index is 13.5. The lowest BCUT2D eigenvalue weighted by molar-refractivity contribution is -0.140. The van der Waals surface area contributed by atoms with E-state index in [1.165, 1.54) is 5.56 Å². The number of amides is 1. The number of piperidine rings is 1. The largest absolute Gasteiger partial charge is 0.342 e. The van der Waals surface area contributed by atoms with Gasteiger partial charge >= 0.3 is 0 Å². The molecule has 0 aliphatic carbocycles. The van der Waals surface area contributed by atoms with Crippen molar-refractivity contribution in [3.8, 4) is 0 Å². The van der Waals surface area contributed by atoms with Gasteiger partial charge in [-0.15, -0.1) is 0 Å². The molecule has 2 N–H and O–H groups in total. The van der Waals surface area contributed by atoms with Crippen molar-refractivity contribution in [3.63, 3.8) is 0 Å². The van der Waals surface area contributed by atoms with Crippen LogP contribution in [-0.2, 0) is 15.7 Å². The number of nitrogens with zero attached hydrogens (tertiary/aromatic N) is 2. The van der Waals surface area contributed by atoms with Crippen molar-refractivity contribution in [2.75, 3.05) is 33.7 Å². The molecule has 0 saturated carbocycles. The highest BCUT2D eigenvalue weighted by atomic mass is 16.2. The zero-order valence-corrected chi connectivity index (χ0v) is 18.3. The fourth-order valence-electron chi connectivity index (χ4n) is 4.83. The maximum Gasteiger partial charge on any atom is 0.227 e. The van der Waals surface area contributed by atoms with Crippen LogP contribution in [0.1, 0.15) is 37.8 Å². The molecule has 156 valence electrons. The molecule has 1 atom stereocenters. The van der Waals surface area contributed by atoms with Crippen molar-refractivity contribution in [1.29, 1.82) is 0 Å². The summed E-state index contributed by atoms with van der Waals surface area (Å²) in [7, 11) is 4.29. The van der Waals surface area contributed by atoms with Crippen LogP contribution in [0.5, 0.6) is 0 Å². The van der Waals surface area contributed by atoms with Gasteiger partial charge in [-0.05, 0) is 38.1 Å². The molecule has 0 bridgehead atoms. The van der Waals surface area contributed by atoms with E-state index in [2.05, 4.69) is 75.3 Å². The second-order valence-electron chi connectivity index (χ2n) is 8.99. The highest BCUT2D eigenvalue weighted by Crippen LogP contribution is 2.39. The summed E-state index contributed by atoms with van der Waals surface area (Å²) in [4.78, 5) is 17.9. The summed E-state index contributed by atoms with van der Waals surface area (Å²) in [5.41, 5.74) is 8.31. The van der Waals surface area contributed by atoms with Crippen LogP contribution in [-0.4, -0.2) is 49.4 Å². The van der Waals surface area contributed by atoms with Gasteiger partial charge in [-0.25, -0.2) is 0 Å². The summed E-state index contributed by atoms with van der Waals surface area (Å²) in [6, 6.07) is 20.9. The zero-order chi connectivity index (χ0) is 21.1. The highest BCUT2D eigenvalue weighted by Gasteiger charge is 2.43. The summed E-state index contributed by atoms with van der Waals surface area (Å²) >= 11 is 0. The molecule has 4 nitrogen and oxygen atoms in total. The Morgan fingerprint density at radius 2 is 1.55 bits per heavy atom. The van der Waals surface area contributed by atoms with Gasteiger partial charge in [0.25, 0.3) is 0 Å². The topological polar surface area (TPSA) is 49.6 Å². The number of carbonyl (C=O) groups excluding carboxylic acids is 1. The molecule has 1 fully saturated rings. The van der Waals surface area contributed by atoms with Crippen LogP contribution in [0.15, 0.2) is 60.7 Å². The Morgan fingerprint density at radius 3 is 2.03 bits per heavy atom. The first-order chi connectivity index (χ1) is 13.8. The van der Waals surface area contributed by atoms with E-state index in [9.17, 15) is 4.79 Å². The van der Waals surface area contributed by atoms with Gasteiger partial charge in [0.1, 0.15) is 0 Å². The van der Waals surface area contributed by atoms with E-state index in [0.29, 0.717) is 6.54 Å². The number of hydrogen-bond donors (Lipinski definition) is 1. The predicted molar refractivity (Wildman–Crippen MR) is 120 cm³/mol. The average Bonchev–Trinajstić information content (AvgIpc) is 2.75. The van der Waals surface area contributed by atoms with Crippen molar-refractivity contribution >= 4 is 5.91 Å². The van der Waals surface area contributed by atoms with Crippen molar-refractivity contribution in [2.45, 2.75) is 37.6 Å². The van der Waals surface area contributed by atoms with E-state index in [0.717, 1.165) is 31.5 Å². The highest BCUT2D eigenvalue weighted by molar-refractivity contribution is 5.81. The standard InChI is InChI=1S/C25H35N3O/c1-24(2,20-11-7-5-8-12-20)22(19-26)23(29)28-17-15-25(16-18-28,27(3)4)21-13-9-6-10-14-21/h5-14,22H,15-19,26H2,1-4H3/t22-/m0/s1. The Bertz CT molecular complexity index is 793. The molecule has 3 rings (SSSR count). The Morgan fingerprint density at radius 1 is 1.03 bits per heavy atom. The van der Waals surface area contributed by atoms with Gasteiger partial charge in [0.15, 0.2) is 0 Å². The van der Waals surface area contributed by atoms with Crippen LogP contribution in [0.4, 0.5) is 0 Å². The van der Waals surface area contributed by atoms with E-state index in [4.69, 9.17) is 5.73 Å². The van der Waals surface area contributed by atoms with Crippen LogP contribution in [0.3, 0.4) is 0 Å². The minimum absolute atomic E-state index is 0.0226. The van der Waals surface area contributed by atoms with E-state index >= 15 is 0 Å². The van der Waals surface area contributed by atoms with Crippen molar-refractivity contribution in [1.82, 2.24) is 9.80 Å². The molecule has 0 spiro atoms. The summed E-state index contributed by atoms with van der Waals surface area (Å²) in [5.74, 6) is -0.0461. The molecule has 1 saturated heterocycles. The molecule has 1 heterocycles. The maximum atomic E-state index is 13.5. The van der Waals surface area contributed by atoms with Crippen molar-refractivity contribution < 1.29 is 4.79 Å². The van der Waals surface area contributed by atoms with Gasteiger partial charge in [-0.3, -0.25) is 9.69 Å². The lowest BCUT2D eigenvalue weighted by atomic mass is 9.72. The van der Waals surface area contributed by atoms with Gasteiger partial charge in [0, 0.05) is 30.6 Å². The van der Waals surface area contributed by atoms with Crippen LogP contribution >= 0.6 is 0 Å². The van der Waals surface area contributed by atoms with Crippen LogP contribution in [0.25, 0.3) is 0 Å². The summed E-state index contributed by atoms with van der Waals surface area (Å²) in [5, 5.41) is 0. The molecule has 1 aliphatic rings. The Hall–Kier alpha value is -2.17. The van der Waals surface area contributed by atoms with E-state index in [1.807, 2.05) is 23.1 Å². The fourth-order valence-corrected chi connectivity index (χ4v) is 4.83. The van der Waals surface area contributed by atoms with E-state index in [-0.39, 0.29) is 22.8 Å². The quantitative estimate of drug-likeness (QED) is 0.815. The van der Waals surface area contributed by atoms with Crippen molar-refractivity contribution in [2.24, 2.45) is 11.7 Å². The molecule has 1 aliphatic heterocycles. The number of carbonyl (C=O) groups is 1. The Labute approximate surface area is 175 Å². The summed E-state index contributed by atoms with van der Waals surface area (Å²) in [6.07, 6.45) is 1.86. The van der Waals surface area contributed by atoms with Gasteiger partial charge in [0.2, 0.25) is 5.91 Å². The fraction of sp³-hybridized carbons (Fsp3) is 0.480. The summed E-state index contributed by atoms with van der Waals surface area (Å²) in [6.45, 7) is 6.14. The molecule has 4 heteroatoms. The molecular weight excluding hydrogens is 358 g/mol. The first-order valence-corrected chi connectivity index (χ1v) is 10.6. The average molecular weight is 394 g/mol. The zero-order valence-electron chi connectivity index (χ0n) is 18.3. The van der Waals surface area contributed by atoms with Crippen LogP contribution in [0, 0.1) is 5.92 Å². The number of nitrogens with two attached hydrogens (primary N) is 1. The monoisotopic (exact) mass is 393 g/mol. The first-order valence-electron chi connectivity index (χ1n) is 10.6. The third-order valence-electron chi connectivity index (χ3n) is 6.99. The van der Waals surface area contributed by atoms with E-state index in [1.54, 1.807) is 0 Å². The van der Waals surface area contributed by atoms with Crippen LogP contribution < -0.4 is 5.73 Å². The number of hydrogen-bond acceptors (Lipinski definition) is 3.